The monoisotopic (exact) mass is 365 g/mol. The Kier molecular flexibility index (Phi) is 5.21. The number of nitro groups is 1. The number of hydrogen-bond acceptors (Lipinski definition) is 4. The van der Waals surface area contributed by atoms with Crippen LogP contribution in [-0.4, -0.2) is 30.0 Å². The molecule has 0 aliphatic carbocycles. The lowest BCUT2D eigenvalue weighted by Crippen LogP contribution is -2.31. The van der Waals surface area contributed by atoms with Gasteiger partial charge in [-0.1, -0.05) is 42.5 Å². The Morgan fingerprint density at radius 1 is 1.15 bits per heavy atom. The lowest BCUT2D eigenvalue weighted by atomic mass is 10.0. The normalized spacial score (nSPS) is 10.4. The van der Waals surface area contributed by atoms with Crippen molar-refractivity contribution < 1.29 is 14.5 Å². The van der Waals surface area contributed by atoms with Gasteiger partial charge in [0.2, 0.25) is 0 Å². The van der Waals surface area contributed by atoms with Crippen molar-refractivity contribution >= 4 is 28.2 Å². The summed E-state index contributed by atoms with van der Waals surface area (Å²) >= 11 is 0. The second-order valence-corrected chi connectivity index (χ2v) is 6.07. The number of rotatable bonds is 5. The number of carbonyl (C=O) groups excluding carboxylic acids is 1. The third-order valence-electron chi connectivity index (χ3n) is 4.27. The molecule has 0 aromatic heterocycles. The molecule has 0 saturated heterocycles. The molecule has 27 heavy (non-hydrogen) atoms. The summed E-state index contributed by atoms with van der Waals surface area (Å²) in [7, 11) is 3.11. The quantitative estimate of drug-likeness (QED) is 0.536. The predicted octanol–water partition coefficient (Wildman–Crippen LogP) is 4.42. The Hall–Kier alpha value is -3.61. The number of urea groups is 1. The zero-order valence-electron chi connectivity index (χ0n) is 15.0. The number of non-ortho nitro benzene ring substituents is 1. The predicted molar refractivity (Wildman–Crippen MR) is 104 cm³/mol. The first-order valence-electron chi connectivity index (χ1n) is 8.31. The van der Waals surface area contributed by atoms with Crippen LogP contribution in [0.15, 0.2) is 60.7 Å². The van der Waals surface area contributed by atoms with Crippen LogP contribution >= 0.6 is 0 Å². The number of methoxy groups -OCH3 is 1. The summed E-state index contributed by atoms with van der Waals surface area (Å²) in [6, 6.07) is 17.6. The molecular formula is C20H19N3O4. The minimum Gasteiger partial charge on any atom is -0.495 e. The van der Waals surface area contributed by atoms with Crippen molar-refractivity contribution in [2.45, 2.75) is 6.54 Å². The summed E-state index contributed by atoms with van der Waals surface area (Å²) in [4.78, 5) is 24.6. The van der Waals surface area contributed by atoms with Crippen LogP contribution in [0.4, 0.5) is 16.2 Å². The van der Waals surface area contributed by atoms with E-state index in [4.69, 9.17) is 4.74 Å². The van der Waals surface area contributed by atoms with Gasteiger partial charge < -0.3 is 15.0 Å². The number of ether oxygens (including phenoxy) is 1. The Morgan fingerprint density at radius 2 is 1.89 bits per heavy atom. The van der Waals surface area contributed by atoms with Gasteiger partial charge in [0.15, 0.2) is 0 Å². The topological polar surface area (TPSA) is 84.7 Å². The lowest BCUT2D eigenvalue weighted by molar-refractivity contribution is -0.384. The van der Waals surface area contributed by atoms with Gasteiger partial charge in [-0.3, -0.25) is 10.1 Å². The molecule has 7 nitrogen and oxygen atoms in total. The summed E-state index contributed by atoms with van der Waals surface area (Å²) in [5.74, 6) is 0.354. The van der Waals surface area contributed by atoms with Crippen molar-refractivity contribution in [3.05, 3.63) is 76.3 Å². The molecule has 3 aromatic carbocycles. The number of fused-ring (bicyclic) bond motifs is 1. The number of nitrogens with one attached hydrogen (secondary N) is 1. The maximum absolute atomic E-state index is 12.6. The molecule has 0 fully saturated rings. The molecule has 0 bridgehead atoms. The van der Waals surface area contributed by atoms with Crippen LogP contribution in [0, 0.1) is 10.1 Å². The van der Waals surface area contributed by atoms with E-state index in [2.05, 4.69) is 5.32 Å². The van der Waals surface area contributed by atoms with E-state index < -0.39 is 4.92 Å². The van der Waals surface area contributed by atoms with E-state index in [0.29, 0.717) is 12.3 Å². The van der Waals surface area contributed by atoms with Gasteiger partial charge in [-0.25, -0.2) is 4.79 Å². The van der Waals surface area contributed by atoms with Gasteiger partial charge in [-0.05, 0) is 22.4 Å². The number of hydrogen-bond donors (Lipinski definition) is 1. The van der Waals surface area contributed by atoms with Gasteiger partial charge >= 0.3 is 6.03 Å². The molecule has 138 valence electrons. The highest BCUT2D eigenvalue weighted by Crippen LogP contribution is 2.29. The van der Waals surface area contributed by atoms with E-state index in [9.17, 15) is 14.9 Å². The summed E-state index contributed by atoms with van der Waals surface area (Å²) in [6.45, 7) is 0.393. The molecule has 0 radical (unpaired) electrons. The molecule has 0 heterocycles. The third kappa shape index (κ3) is 3.98. The molecule has 0 atom stereocenters. The molecule has 0 aliphatic heterocycles. The molecule has 0 aliphatic rings. The van der Waals surface area contributed by atoms with Crippen LogP contribution in [0.5, 0.6) is 5.75 Å². The summed E-state index contributed by atoms with van der Waals surface area (Å²) < 4.78 is 5.18. The molecule has 3 aromatic rings. The van der Waals surface area contributed by atoms with Crippen LogP contribution in [0.3, 0.4) is 0 Å². The SMILES string of the molecule is COc1ccc([N+](=O)[O-])cc1NC(=O)N(C)Cc1cccc2ccccc12. The van der Waals surface area contributed by atoms with E-state index in [1.807, 2.05) is 42.5 Å². The molecule has 2 amide bonds. The van der Waals surface area contributed by atoms with Gasteiger partial charge in [-0.15, -0.1) is 0 Å². The Morgan fingerprint density at radius 3 is 2.63 bits per heavy atom. The number of benzene rings is 3. The van der Waals surface area contributed by atoms with Crippen molar-refractivity contribution in [1.29, 1.82) is 0 Å². The second-order valence-electron chi connectivity index (χ2n) is 6.07. The highest BCUT2D eigenvalue weighted by atomic mass is 16.6. The van der Waals surface area contributed by atoms with Gasteiger partial charge in [0, 0.05) is 25.7 Å². The largest absolute Gasteiger partial charge is 0.495 e. The number of anilines is 1. The van der Waals surface area contributed by atoms with Crippen LogP contribution < -0.4 is 10.1 Å². The molecule has 7 heteroatoms. The van der Waals surface area contributed by atoms with Crippen molar-refractivity contribution in [1.82, 2.24) is 4.90 Å². The average Bonchev–Trinajstić information content (AvgIpc) is 2.68. The maximum atomic E-state index is 12.6. The van der Waals surface area contributed by atoms with Gasteiger partial charge in [0.25, 0.3) is 5.69 Å². The van der Waals surface area contributed by atoms with Crippen molar-refractivity contribution in [2.75, 3.05) is 19.5 Å². The molecule has 0 spiro atoms. The number of carbonyl (C=O) groups is 1. The molecule has 1 N–H and O–H groups in total. The van der Waals surface area contributed by atoms with Crippen LogP contribution in [-0.2, 0) is 6.54 Å². The number of nitrogens with zero attached hydrogens (tertiary/aromatic N) is 2. The second kappa shape index (κ2) is 7.74. The fraction of sp³-hybridized carbons (Fsp3) is 0.150. The zero-order chi connectivity index (χ0) is 19.4. The fourth-order valence-electron chi connectivity index (χ4n) is 2.88. The Bertz CT molecular complexity index is 998. The van der Waals surface area contributed by atoms with Crippen LogP contribution in [0.2, 0.25) is 0 Å². The standard InChI is InChI=1S/C20H19N3O4/c1-22(13-15-8-5-7-14-6-3-4-9-17(14)15)20(24)21-18-12-16(23(25)26)10-11-19(18)27-2/h3-12H,13H2,1-2H3,(H,21,24). The highest BCUT2D eigenvalue weighted by molar-refractivity contribution is 5.92. The van der Waals surface area contributed by atoms with Crippen molar-refractivity contribution in [3.63, 3.8) is 0 Å². The van der Waals surface area contributed by atoms with Crippen LogP contribution in [0.1, 0.15) is 5.56 Å². The Labute approximate surface area is 156 Å². The molecule has 3 rings (SSSR count). The van der Waals surface area contributed by atoms with E-state index >= 15 is 0 Å². The smallest absolute Gasteiger partial charge is 0.321 e. The highest BCUT2D eigenvalue weighted by Gasteiger charge is 2.16. The first kappa shape index (κ1) is 18.2. The van der Waals surface area contributed by atoms with E-state index in [0.717, 1.165) is 16.3 Å². The fourth-order valence-corrected chi connectivity index (χ4v) is 2.88. The van der Waals surface area contributed by atoms with Crippen molar-refractivity contribution in [3.8, 4) is 5.75 Å². The van der Waals surface area contributed by atoms with E-state index in [1.54, 1.807) is 7.05 Å². The third-order valence-corrected chi connectivity index (χ3v) is 4.27. The van der Waals surface area contributed by atoms with Gasteiger partial charge in [-0.2, -0.15) is 0 Å². The van der Waals surface area contributed by atoms with E-state index in [-0.39, 0.29) is 17.4 Å². The lowest BCUT2D eigenvalue weighted by Gasteiger charge is -2.20. The summed E-state index contributed by atoms with van der Waals surface area (Å²) in [6.07, 6.45) is 0. The van der Waals surface area contributed by atoms with Crippen molar-refractivity contribution in [2.24, 2.45) is 0 Å². The van der Waals surface area contributed by atoms with Gasteiger partial charge in [0.1, 0.15) is 5.75 Å². The van der Waals surface area contributed by atoms with E-state index in [1.165, 1.54) is 30.2 Å². The summed E-state index contributed by atoms with van der Waals surface area (Å²) in [5, 5.41) is 15.8. The number of nitro benzene ring substituents is 1. The molecule has 0 saturated carbocycles. The van der Waals surface area contributed by atoms with Crippen LogP contribution in [0.25, 0.3) is 10.8 Å². The molecular weight excluding hydrogens is 346 g/mol. The molecule has 0 unspecified atom stereocenters. The maximum Gasteiger partial charge on any atom is 0.321 e. The zero-order valence-corrected chi connectivity index (χ0v) is 15.0. The first-order valence-corrected chi connectivity index (χ1v) is 8.31. The number of amides is 2. The summed E-state index contributed by atoms with van der Waals surface area (Å²) in [5.41, 5.74) is 1.14. The van der Waals surface area contributed by atoms with Gasteiger partial charge in [0.05, 0.1) is 17.7 Å². The Balaban J connectivity index is 1.80. The minimum atomic E-state index is -0.519. The minimum absolute atomic E-state index is 0.122. The first-order chi connectivity index (χ1) is 13.0. The average molecular weight is 365 g/mol.